The molecule has 1 aliphatic rings. The first-order chi connectivity index (χ1) is 6.16. The fourth-order valence-corrected chi connectivity index (χ4v) is 2.01. The average molecular weight is 197 g/mol. The van der Waals surface area contributed by atoms with E-state index in [0.29, 0.717) is 10.7 Å². The van der Waals surface area contributed by atoms with E-state index in [4.69, 9.17) is 23.1 Å². The Morgan fingerprint density at radius 2 is 2.08 bits per heavy atom. The van der Waals surface area contributed by atoms with Crippen LogP contribution in [0, 0.1) is 0 Å². The van der Waals surface area contributed by atoms with Crippen molar-refractivity contribution in [3.63, 3.8) is 0 Å². The molecule has 4 N–H and O–H groups in total. The van der Waals surface area contributed by atoms with Crippen molar-refractivity contribution in [3.05, 3.63) is 28.3 Å². The van der Waals surface area contributed by atoms with E-state index in [9.17, 15) is 0 Å². The van der Waals surface area contributed by atoms with Crippen molar-refractivity contribution < 1.29 is 0 Å². The molecule has 70 valence electrons. The van der Waals surface area contributed by atoms with Crippen molar-refractivity contribution in [2.75, 3.05) is 5.73 Å². The normalized spacial score (nSPS) is 21.2. The first-order valence-electron chi connectivity index (χ1n) is 4.49. The lowest BCUT2D eigenvalue weighted by Crippen LogP contribution is -2.27. The molecule has 0 fully saturated rings. The molecule has 1 atom stereocenters. The standard InChI is InChI=1S/C10H13ClN2/c11-9-4-7-3-8(12)2-1-6(7)5-10(9)13/h4-5,8H,1-3,12-13H2. The molecule has 1 aliphatic carbocycles. The quantitative estimate of drug-likeness (QED) is 0.621. The van der Waals surface area contributed by atoms with Gasteiger partial charge in [0.15, 0.2) is 0 Å². The summed E-state index contributed by atoms with van der Waals surface area (Å²) in [4.78, 5) is 0. The average Bonchev–Trinajstić information content (AvgIpc) is 2.08. The highest BCUT2D eigenvalue weighted by Gasteiger charge is 2.16. The molecule has 13 heavy (non-hydrogen) atoms. The molecule has 3 heteroatoms. The Morgan fingerprint density at radius 3 is 2.85 bits per heavy atom. The molecule has 0 aromatic heterocycles. The van der Waals surface area contributed by atoms with Crippen molar-refractivity contribution in [2.45, 2.75) is 25.3 Å². The van der Waals surface area contributed by atoms with Gasteiger partial charge in [0, 0.05) is 6.04 Å². The topological polar surface area (TPSA) is 52.0 Å². The minimum Gasteiger partial charge on any atom is -0.398 e. The van der Waals surface area contributed by atoms with Crippen LogP contribution in [0.5, 0.6) is 0 Å². The summed E-state index contributed by atoms with van der Waals surface area (Å²) >= 11 is 5.93. The second-order valence-corrected chi connectivity index (χ2v) is 4.05. The third-order valence-corrected chi connectivity index (χ3v) is 2.91. The number of fused-ring (bicyclic) bond motifs is 1. The van der Waals surface area contributed by atoms with Crippen LogP contribution < -0.4 is 11.5 Å². The maximum Gasteiger partial charge on any atom is 0.0638 e. The van der Waals surface area contributed by atoms with Crippen LogP contribution in [-0.4, -0.2) is 6.04 Å². The summed E-state index contributed by atoms with van der Waals surface area (Å²) in [5.74, 6) is 0. The molecule has 0 saturated carbocycles. The number of rotatable bonds is 0. The van der Waals surface area contributed by atoms with E-state index in [2.05, 4.69) is 0 Å². The van der Waals surface area contributed by atoms with Gasteiger partial charge in [-0.25, -0.2) is 0 Å². The monoisotopic (exact) mass is 196 g/mol. The highest BCUT2D eigenvalue weighted by molar-refractivity contribution is 6.33. The molecule has 0 aliphatic heterocycles. The van der Waals surface area contributed by atoms with Crippen molar-refractivity contribution in [1.82, 2.24) is 0 Å². The first-order valence-corrected chi connectivity index (χ1v) is 4.87. The van der Waals surface area contributed by atoms with Gasteiger partial charge in [0.05, 0.1) is 10.7 Å². The van der Waals surface area contributed by atoms with Gasteiger partial charge in [-0.1, -0.05) is 11.6 Å². The molecule has 1 aromatic carbocycles. The first kappa shape index (κ1) is 8.85. The van der Waals surface area contributed by atoms with Crippen LogP contribution in [0.15, 0.2) is 12.1 Å². The zero-order valence-corrected chi connectivity index (χ0v) is 8.14. The Bertz CT molecular complexity index is 336. The number of aryl methyl sites for hydroxylation is 1. The number of anilines is 1. The summed E-state index contributed by atoms with van der Waals surface area (Å²) in [6.07, 6.45) is 3.00. The number of benzene rings is 1. The predicted octanol–water partition coefficient (Wildman–Crippen LogP) is 1.74. The molecular formula is C10H13ClN2. The van der Waals surface area contributed by atoms with Crippen molar-refractivity contribution in [1.29, 1.82) is 0 Å². The van der Waals surface area contributed by atoms with Crippen LogP contribution in [0.3, 0.4) is 0 Å². The van der Waals surface area contributed by atoms with Crippen LogP contribution in [0.1, 0.15) is 17.5 Å². The van der Waals surface area contributed by atoms with E-state index in [1.807, 2.05) is 12.1 Å². The zero-order chi connectivity index (χ0) is 9.42. The molecule has 2 rings (SSSR count). The summed E-state index contributed by atoms with van der Waals surface area (Å²) in [6, 6.07) is 4.21. The summed E-state index contributed by atoms with van der Waals surface area (Å²) in [5, 5.41) is 0.646. The summed E-state index contributed by atoms with van der Waals surface area (Å²) < 4.78 is 0. The molecule has 0 spiro atoms. The van der Waals surface area contributed by atoms with Crippen molar-refractivity contribution in [2.24, 2.45) is 5.73 Å². The van der Waals surface area contributed by atoms with E-state index in [-0.39, 0.29) is 6.04 Å². The zero-order valence-electron chi connectivity index (χ0n) is 7.39. The van der Waals surface area contributed by atoms with Crippen LogP contribution in [0.25, 0.3) is 0 Å². The predicted molar refractivity (Wildman–Crippen MR) is 55.9 cm³/mol. The number of hydrogen-bond acceptors (Lipinski definition) is 2. The van der Waals surface area contributed by atoms with E-state index < -0.39 is 0 Å². The Morgan fingerprint density at radius 1 is 1.31 bits per heavy atom. The van der Waals surface area contributed by atoms with E-state index in [0.717, 1.165) is 19.3 Å². The van der Waals surface area contributed by atoms with Gasteiger partial charge in [0.25, 0.3) is 0 Å². The van der Waals surface area contributed by atoms with Gasteiger partial charge in [0.2, 0.25) is 0 Å². The lowest BCUT2D eigenvalue weighted by Gasteiger charge is -2.21. The van der Waals surface area contributed by atoms with E-state index >= 15 is 0 Å². The summed E-state index contributed by atoms with van der Waals surface area (Å²) in [7, 11) is 0. The maximum absolute atomic E-state index is 5.93. The fourth-order valence-electron chi connectivity index (χ4n) is 1.83. The fraction of sp³-hybridized carbons (Fsp3) is 0.400. The minimum absolute atomic E-state index is 0.284. The number of nitrogens with two attached hydrogens (primary N) is 2. The second kappa shape index (κ2) is 3.20. The summed E-state index contributed by atoms with van der Waals surface area (Å²) in [5.41, 5.74) is 14.8. The Hall–Kier alpha value is -0.730. The molecule has 2 nitrogen and oxygen atoms in total. The molecule has 1 unspecified atom stereocenters. The summed E-state index contributed by atoms with van der Waals surface area (Å²) in [6.45, 7) is 0. The highest BCUT2D eigenvalue weighted by Crippen LogP contribution is 2.28. The second-order valence-electron chi connectivity index (χ2n) is 3.65. The largest absolute Gasteiger partial charge is 0.398 e. The third kappa shape index (κ3) is 1.64. The van der Waals surface area contributed by atoms with Crippen molar-refractivity contribution in [3.8, 4) is 0 Å². The number of nitrogen functional groups attached to an aromatic ring is 1. The molecule has 0 saturated heterocycles. The van der Waals surface area contributed by atoms with Gasteiger partial charge in [0.1, 0.15) is 0 Å². The molecular weight excluding hydrogens is 184 g/mol. The smallest absolute Gasteiger partial charge is 0.0638 e. The molecule has 0 bridgehead atoms. The van der Waals surface area contributed by atoms with Gasteiger partial charge in [-0.2, -0.15) is 0 Å². The van der Waals surface area contributed by atoms with E-state index in [1.165, 1.54) is 11.1 Å². The SMILES string of the molecule is Nc1cc2c(cc1Cl)CC(N)CC2. The van der Waals surface area contributed by atoms with Crippen LogP contribution in [0.4, 0.5) is 5.69 Å². The third-order valence-electron chi connectivity index (χ3n) is 2.59. The van der Waals surface area contributed by atoms with Crippen LogP contribution in [0.2, 0.25) is 5.02 Å². The van der Waals surface area contributed by atoms with Crippen LogP contribution >= 0.6 is 11.6 Å². The van der Waals surface area contributed by atoms with Gasteiger partial charge in [-0.3, -0.25) is 0 Å². The molecule has 0 heterocycles. The number of halogens is 1. The Labute approximate surface area is 82.9 Å². The van der Waals surface area contributed by atoms with Gasteiger partial charge in [-0.05, 0) is 42.5 Å². The van der Waals surface area contributed by atoms with Crippen molar-refractivity contribution >= 4 is 17.3 Å². The number of hydrogen-bond donors (Lipinski definition) is 2. The van der Waals surface area contributed by atoms with Gasteiger partial charge in [-0.15, -0.1) is 0 Å². The minimum atomic E-state index is 0.284. The molecule has 1 aromatic rings. The van der Waals surface area contributed by atoms with Gasteiger partial charge < -0.3 is 11.5 Å². The lowest BCUT2D eigenvalue weighted by atomic mass is 9.88. The van der Waals surface area contributed by atoms with Crippen LogP contribution in [-0.2, 0) is 12.8 Å². The lowest BCUT2D eigenvalue weighted by molar-refractivity contribution is 0.577. The van der Waals surface area contributed by atoms with E-state index in [1.54, 1.807) is 0 Å². The van der Waals surface area contributed by atoms with Gasteiger partial charge >= 0.3 is 0 Å². The Kier molecular flexibility index (Phi) is 2.18. The molecule has 0 amide bonds. The maximum atomic E-state index is 5.93. The highest BCUT2D eigenvalue weighted by atomic mass is 35.5. The Balaban J connectivity index is 2.43. The molecule has 0 radical (unpaired) electrons.